The molecular weight excluding hydrogens is 412 g/mol. The molecule has 5 rings (SSSR count). The maximum atomic E-state index is 13.0. The molecule has 1 aromatic heterocycles. The summed E-state index contributed by atoms with van der Waals surface area (Å²) in [6.07, 6.45) is 7.57. The third-order valence-corrected chi connectivity index (χ3v) is 7.99. The fourth-order valence-electron chi connectivity index (χ4n) is 4.78. The van der Waals surface area contributed by atoms with Crippen LogP contribution in [0, 0.1) is 5.92 Å². The molecular formula is C23H28N4O3S. The summed E-state index contributed by atoms with van der Waals surface area (Å²) in [6.45, 7) is 4.09. The van der Waals surface area contributed by atoms with Gasteiger partial charge in [-0.15, -0.1) is 0 Å². The zero-order valence-corrected chi connectivity index (χ0v) is 18.8. The second kappa shape index (κ2) is 7.89. The first-order chi connectivity index (χ1) is 14.9. The Kier molecular flexibility index (Phi) is 5.20. The van der Waals surface area contributed by atoms with Crippen molar-refractivity contribution in [2.24, 2.45) is 5.92 Å². The molecule has 1 saturated carbocycles. The van der Waals surface area contributed by atoms with Crippen molar-refractivity contribution in [1.82, 2.24) is 9.78 Å². The fourth-order valence-corrected chi connectivity index (χ4v) is 6.05. The van der Waals surface area contributed by atoms with Gasteiger partial charge in [0.15, 0.2) is 0 Å². The summed E-state index contributed by atoms with van der Waals surface area (Å²) in [6, 6.07) is 6.21. The normalized spacial score (nSPS) is 25.9. The molecule has 2 amide bonds. The minimum Gasteiger partial charge on any atom is -0.308 e. The SMILES string of the molecule is CC(=O)N1c2ccc(-c3cnn(C4CCS(=O)CC4)c3)cc2N(C(=O)C2CC2)CC1C. The van der Waals surface area contributed by atoms with Crippen molar-refractivity contribution >= 4 is 34.0 Å². The minimum atomic E-state index is -0.694. The first-order valence-electron chi connectivity index (χ1n) is 11.1. The Balaban J connectivity index is 1.49. The van der Waals surface area contributed by atoms with Crippen molar-refractivity contribution in [3.05, 3.63) is 30.6 Å². The molecule has 1 aromatic carbocycles. The molecule has 2 aromatic rings. The fraction of sp³-hybridized carbons (Fsp3) is 0.522. The van der Waals surface area contributed by atoms with E-state index in [1.807, 2.05) is 47.1 Å². The minimum absolute atomic E-state index is 0.0115. The van der Waals surface area contributed by atoms with Gasteiger partial charge in [0.2, 0.25) is 11.8 Å². The summed E-state index contributed by atoms with van der Waals surface area (Å²) in [5.74, 6) is 1.74. The zero-order valence-electron chi connectivity index (χ0n) is 18.0. The maximum Gasteiger partial charge on any atom is 0.230 e. The number of carbonyl (C=O) groups excluding carboxylic acids is 2. The largest absolute Gasteiger partial charge is 0.308 e. The van der Waals surface area contributed by atoms with Crippen LogP contribution in [0.15, 0.2) is 30.6 Å². The number of carbonyl (C=O) groups is 2. The monoisotopic (exact) mass is 440 g/mol. The number of amides is 2. The molecule has 0 spiro atoms. The van der Waals surface area contributed by atoms with Crippen LogP contribution >= 0.6 is 0 Å². The van der Waals surface area contributed by atoms with E-state index in [2.05, 4.69) is 5.10 Å². The average Bonchev–Trinajstić information content (AvgIpc) is 3.49. The van der Waals surface area contributed by atoms with E-state index in [1.54, 1.807) is 11.8 Å². The second-order valence-electron chi connectivity index (χ2n) is 8.95. The lowest BCUT2D eigenvalue weighted by Crippen LogP contribution is -2.51. The number of nitrogens with zero attached hydrogens (tertiary/aromatic N) is 4. The van der Waals surface area contributed by atoms with E-state index < -0.39 is 10.8 Å². The first kappa shape index (κ1) is 20.4. The van der Waals surface area contributed by atoms with Crippen LogP contribution in [-0.4, -0.2) is 49.9 Å². The second-order valence-corrected chi connectivity index (χ2v) is 10.6. The summed E-state index contributed by atoms with van der Waals surface area (Å²) in [5.41, 5.74) is 3.58. The molecule has 2 fully saturated rings. The molecule has 1 saturated heterocycles. The summed E-state index contributed by atoms with van der Waals surface area (Å²) < 4.78 is 13.6. The Bertz CT molecular complexity index is 1050. The number of hydrogen-bond acceptors (Lipinski definition) is 4. The Morgan fingerprint density at radius 3 is 2.48 bits per heavy atom. The van der Waals surface area contributed by atoms with Gasteiger partial charge in [-0.05, 0) is 50.3 Å². The Hall–Kier alpha value is -2.48. The van der Waals surface area contributed by atoms with Gasteiger partial charge in [0.05, 0.1) is 29.7 Å². The lowest BCUT2D eigenvalue weighted by molar-refractivity contribution is -0.120. The van der Waals surface area contributed by atoms with Crippen LogP contribution in [0.3, 0.4) is 0 Å². The predicted molar refractivity (Wildman–Crippen MR) is 122 cm³/mol. The van der Waals surface area contributed by atoms with Gasteiger partial charge in [0, 0.05) is 53.5 Å². The Morgan fingerprint density at radius 1 is 1.06 bits per heavy atom. The van der Waals surface area contributed by atoms with Crippen molar-refractivity contribution in [2.75, 3.05) is 27.9 Å². The number of aromatic nitrogens is 2. The Labute approximate surface area is 184 Å². The zero-order chi connectivity index (χ0) is 21.7. The molecule has 2 aliphatic heterocycles. The lowest BCUT2D eigenvalue weighted by atomic mass is 10.0. The van der Waals surface area contributed by atoms with Gasteiger partial charge >= 0.3 is 0 Å². The standard InChI is InChI=1S/C23H28N4O3S/c1-15-13-25(23(29)17-3-4-17)22-11-18(5-6-21(22)27(15)16(2)28)19-12-24-26(14-19)20-7-9-31(30)10-8-20/h5-6,11-12,14-15,17,20H,3-4,7-10,13H2,1-2H3. The van der Waals surface area contributed by atoms with Gasteiger partial charge in [0.1, 0.15) is 0 Å². The van der Waals surface area contributed by atoms with Crippen molar-refractivity contribution in [2.45, 2.75) is 51.6 Å². The lowest BCUT2D eigenvalue weighted by Gasteiger charge is -2.41. The first-order valence-corrected chi connectivity index (χ1v) is 12.6. The number of rotatable bonds is 3. The van der Waals surface area contributed by atoms with E-state index in [9.17, 15) is 13.8 Å². The molecule has 0 N–H and O–H groups in total. The predicted octanol–water partition coefficient (Wildman–Crippen LogP) is 3.13. The molecule has 0 radical (unpaired) electrons. The molecule has 164 valence electrons. The number of benzene rings is 1. The highest BCUT2D eigenvalue weighted by Crippen LogP contribution is 2.42. The van der Waals surface area contributed by atoms with Crippen molar-refractivity contribution in [3.8, 4) is 11.1 Å². The van der Waals surface area contributed by atoms with Crippen LogP contribution in [0.2, 0.25) is 0 Å². The molecule has 3 aliphatic rings. The van der Waals surface area contributed by atoms with Crippen molar-refractivity contribution in [1.29, 1.82) is 0 Å². The van der Waals surface area contributed by atoms with Crippen LogP contribution in [-0.2, 0) is 20.4 Å². The third kappa shape index (κ3) is 3.82. The van der Waals surface area contributed by atoms with Crippen LogP contribution in [0.1, 0.15) is 45.6 Å². The van der Waals surface area contributed by atoms with Gasteiger partial charge in [0.25, 0.3) is 0 Å². The van der Waals surface area contributed by atoms with Crippen molar-refractivity contribution < 1.29 is 13.8 Å². The van der Waals surface area contributed by atoms with Crippen LogP contribution in [0.25, 0.3) is 11.1 Å². The van der Waals surface area contributed by atoms with Gasteiger partial charge in [-0.25, -0.2) is 0 Å². The summed E-state index contributed by atoms with van der Waals surface area (Å²) in [7, 11) is -0.694. The molecule has 0 bridgehead atoms. The van der Waals surface area contributed by atoms with Gasteiger partial charge in [-0.3, -0.25) is 18.5 Å². The average molecular weight is 441 g/mol. The van der Waals surface area contributed by atoms with Crippen LogP contribution < -0.4 is 9.80 Å². The van der Waals surface area contributed by atoms with E-state index in [4.69, 9.17) is 0 Å². The molecule has 3 heterocycles. The van der Waals surface area contributed by atoms with Crippen LogP contribution in [0.4, 0.5) is 11.4 Å². The van der Waals surface area contributed by atoms with Crippen molar-refractivity contribution in [3.63, 3.8) is 0 Å². The number of hydrogen-bond donors (Lipinski definition) is 0. The summed E-state index contributed by atoms with van der Waals surface area (Å²) in [5, 5.41) is 4.57. The van der Waals surface area contributed by atoms with E-state index >= 15 is 0 Å². The highest BCUT2D eigenvalue weighted by molar-refractivity contribution is 7.85. The van der Waals surface area contributed by atoms with E-state index in [0.29, 0.717) is 6.54 Å². The van der Waals surface area contributed by atoms with E-state index in [0.717, 1.165) is 59.7 Å². The third-order valence-electron chi connectivity index (χ3n) is 6.61. The Morgan fingerprint density at radius 2 is 1.81 bits per heavy atom. The smallest absolute Gasteiger partial charge is 0.230 e. The van der Waals surface area contributed by atoms with Gasteiger partial charge in [-0.2, -0.15) is 5.10 Å². The highest BCUT2D eigenvalue weighted by atomic mass is 32.2. The molecule has 8 heteroatoms. The topological polar surface area (TPSA) is 75.5 Å². The highest BCUT2D eigenvalue weighted by Gasteiger charge is 2.39. The quantitative estimate of drug-likeness (QED) is 0.735. The molecule has 7 nitrogen and oxygen atoms in total. The van der Waals surface area contributed by atoms with E-state index in [-0.39, 0.29) is 29.8 Å². The summed E-state index contributed by atoms with van der Waals surface area (Å²) >= 11 is 0. The molecule has 31 heavy (non-hydrogen) atoms. The maximum absolute atomic E-state index is 13.0. The van der Waals surface area contributed by atoms with Gasteiger partial charge < -0.3 is 9.80 Å². The van der Waals surface area contributed by atoms with E-state index in [1.165, 1.54) is 0 Å². The van der Waals surface area contributed by atoms with Gasteiger partial charge in [-0.1, -0.05) is 6.07 Å². The summed E-state index contributed by atoms with van der Waals surface area (Å²) in [4.78, 5) is 29.0. The molecule has 1 atom stereocenters. The molecule has 1 aliphatic carbocycles. The van der Waals surface area contributed by atoms with Crippen LogP contribution in [0.5, 0.6) is 0 Å². The number of fused-ring (bicyclic) bond motifs is 1. The molecule has 1 unspecified atom stereocenters. The number of anilines is 2.